The van der Waals surface area contributed by atoms with E-state index in [9.17, 15) is 10.1 Å². The van der Waals surface area contributed by atoms with Crippen LogP contribution in [0.25, 0.3) is 6.08 Å². The maximum atomic E-state index is 12.5. The van der Waals surface area contributed by atoms with E-state index in [2.05, 4.69) is 10.2 Å². The highest BCUT2D eigenvalue weighted by Gasteiger charge is 2.13. The predicted molar refractivity (Wildman–Crippen MR) is 108 cm³/mol. The molecule has 0 unspecified atom stereocenters. The van der Waals surface area contributed by atoms with E-state index in [-0.39, 0.29) is 5.57 Å². The highest BCUT2D eigenvalue weighted by molar-refractivity contribution is 6.10. The average molecular weight is 361 g/mol. The molecule has 0 atom stereocenters. The van der Waals surface area contributed by atoms with Crippen LogP contribution in [0, 0.1) is 25.2 Å². The second-order valence-corrected chi connectivity index (χ2v) is 6.56. The van der Waals surface area contributed by atoms with Crippen LogP contribution in [0.15, 0.2) is 48.0 Å². The van der Waals surface area contributed by atoms with Gasteiger partial charge in [0.25, 0.3) is 5.91 Å². The quantitative estimate of drug-likeness (QED) is 0.666. The summed E-state index contributed by atoms with van der Waals surface area (Å²) in [4.78, 5) is 14.8. The van der Waals surface area contributed by atoms with E-state index in [0.717, 1.165) is 54.4 Å². The molecule has 27 heavy (non-hydrogen) atoms. The van der Waals surface area contributed by atoms with Crippen LogP contribution in [0.5, 0.6) is 0 Å². The molecule has 3 rings (SSSR count). The molecule has 0 aliphatic carbocycles. The van der Waals surface area contributed by atoms with Crippen LogP contribution in [-0.2, 0) is 9.53 Å². The Hall–Kier alpha value is -3.10. The Bertz CT molecular complexity index is 889. The van der Waals surface area contributed by atoms with Gasteiger partial charge < -0.3 is 15.0 Å². The van der Waals surface area contributed by atoms with Gasteiger partial charge in [-0.05, 0) is 54.8 Å². The first-order valence-corrected chi connectivity index (χ1v) is 9.00. The zero-order valence-corrected chi connectivity index (χ0v) is 15.7. The minimum atomic E-state index is -0.400. The Morgan fingerprint density at radius 1 is 1.15 bits per heavy atom. The number of nitrogens with zero attached hydrogens (tertiary/aromatic N) is 2. The number of benzene rings is 2. The third kappa shape index (κ3) is 4.55. The van der Waals surface area contributed by atoms with Crippen LogP contribution < -0.4 is 10.2 Å². The first kappa shape index (κ1) is 18.7. The minimum Gasteiger partial charge on any atom is -0.378 e. The molecule has 1 N–H and O–H groups in total. The van der Waals surface area contributed by atoms with E-state index in [0.29, 0.717) is 0 Å². The summed E-state index contributed by atoms with van der Waals surface area (Å²) < 4.78 is 5.37. The van der Waals surface area contributed by atoms with Gasteiger partial charge in [0.05, 0.1) is 13.2 Å². The lowest BCUT2D eigenvalue weighted by Crippen LogP contribution is -2.36. The molecule has 2 aromatic rings. The molecule has 0 saturated carbocycles. The minimum absolute atomic E-state index is 0.0787. The standard InChI is InChI=1S/C22H23N3O2/c1-16-4-3-5-21(17(16)2)24-22(26)19(15-23)14-18-6-8-20(9-7-18)25-10-12-27-13-11-25/h3-9,14H,10-13H2,1-2H3,(H,24,26)/b19-14+. The van der Waals surface area contributed by atoms with Crippen LogP contribution in [0.1, 0.15) is 16.7 Å². The maximum absolute atomic E-state index is 12.5. The van der Waals surface area contributed by atoms with Crippen LogP contribution >= 0.6 is 0 Å². The Kier molecular flexibility index (Phi) is 5.90. The first-order valence-electron chi connectivity index (χ1n) is 9.00. The Morgan fingerprint density at radius 3 is 2.52 bits per heavy atom. The summed E-state index contributed by atoms with van der Waals surface area (Å²) in [6.07, 6.45) is 1.61. The number of rotatable bonds is 4. The van der Waals surface area contributed by atoms with Crippen molar-refractivity contribution in [1.29, 1.82) is 5.26 Å². The number of nitrogens with one attached hydrogen (secondary N) is 1. The fourth-order valence-electron chi connectivity index (χ4n) is 2.99. The number of carbonyl (C=O) groups is 1. The van der Waals surface area contributed by atoms with Crippen molar-refractivity contribution in [2.75, 3.05) is 36.5 Å². The second kappa shape index (κ2) is 8.52. The molecule has 5 nitrogen and oxygen atoms in total. The van der Waals surface area contributed by atoms with Crippen LogP contribution in [0.4, 0.5) is 11.4 Å². The lowest BCUT2D eigenvalue weighted by Gasteiger charge is -2.28. The van der Waals surface area contributed by atoms with Gasteiger partial charge in [-0.3, -0.25) is 4.79 Å². The van der Waals surface area contributed by atoms with E-state index >= 15 is 0 Å². The number of anilines is 2. The molecule has 1 amide bonds. The highest BCUT2D eigenvalue weighted by Crippen LogP contribution is 2.20. The van der Waals surface area contributed by atoms with Crippen molar-refractivity contribution < 1.29 is 9.53 Å². The topological polar surface area (TPSA) is 65.4 Å². The van der Waals surface area contributed by atoms with Gasteiger partial charge in [-0.2, -0.15) is 5.26 Å². The predicted octanol–water partition coefficient (Wildman–Crippen LogP) is 3.69. The van der Waals surface area contributed by atoms with Gasteiger partial charge >= 0.3 is 0 Å². The number of carbonyl (C=O) groups excluding carboxylic acids is 1. The molecule has 1 aliphatic heterocycles. The van der Waals surface area contributed by atoms with E-state index in [1.54, 1.807) is 6.08 Å². The van der Waals surface area contributed by atoms with Gasteiger partial charge in [0, 0.05) is 24.5 Å². The lowest BCUT2D eigenvalue weighted by molar-refractivity contribution is -0.112. The normalized spacial score (nSPS) is 14.6. The molecule has 0 radical (unpaired) electrons. The number of hydrogen-bond acceptors (Lipinski definition) is 4. The smallest absolute Gasteiger partial charge is 0.266 e. The molecular formula is C22H23N3O2. The molecule has 0 bridgehead atoms. The fourth-order valence-corrected chi connectivity index (χ4v) is 2.99. The molecule has 0 aromatic heterocycles. The number of amides is 1. The molecule has 1 fully saturated rings. The second-order valence-electron chi connectivity index (χ2n) is 6.56. The Balaban J connectivity index is 1.74. The summed E-state index contributed by atoms with van der Waals surface area (Å²) in [5, 5.41) is 12.3. The van der Waals surface area contributed by atoms with Gasteiger partial charge in [0.2, 0.25) is 0 Å². The lowest BCUT2D eigenvalue weighted by atomic mass is 10.1. The Labute approximate surface area is 159 Å². The summed E-state index contributed by atoms with van der Waals surface area (Å²) in [6, 6.07) is 15.6. The monoisotopic (exact) mass is 361 g/mol. The van der Waals surface area contributed by atoms with E-state index in [4.69, 9.17) is 4.74 Å². The van der Waals surface area contributed by atoms with Gasteiger partial charge in [0.15, 0.2) is 0 Å². The van der Waals surface area contributed by atoms with Crippen molar-refractivity contribution in [3.05, 3.63) is 64.7 Å². The summed E-state index contributed by atoms with van der Waals surface area (Å²) in [5.74, 6) is -0.400. The molecule has 5 heteroatoms. The number of ether oxygens (including phenoxy) is 1. The zero-order valence-electron chi connectivity index (χ0n) is 15.7. The van der Waals surface area contributed by atoms with Crippen molar-refractivity contribution in [1.82, 2.24) is 0 Å². The third-order valence-electron chi connectivity index (χ3n) is 4.80. The number of hydrogen-bond donors (Lipinski definition) is 1. The number of aryl methyl sites for hydroxylation is 1. The van der Waals surface area contributed by atoms with Gasteiger partial charge in [-0.25, -0.2) is 0 Å². The van der Waals surface area contributed by atoms with E-state index < -0.39 is 5.91 Å². The average Bonchev–Trinajstić information content (AvgIpc) is 2.70. The van der Waals surface area contributed by atoms with Crippen molar-refractivity contribution in [2.45, 2.75) is 13.8 Å². The van der Waals surface area contributed by atoms with Gasteiger partial charge in [-0.1, -0.05) is 24.3 Å². The molecule has 1 aliphatic rings. The van der Waals surface area contributed by atoms with E-state index in [1.165, 1.54) is 0 Å². The SMILES string of the molecule is Cc1cccc(NC(=O)/C(C#N)=C/c2ccc(N3CCOCC3)cc2)c1C. The van der Waals surface area contributed by atoms with Gasteiger partial charge in [-0.15, -0.1) is 0 Å². The zero-order chi connectivity index (χ0) is 19.2. The third-order valence-corrected chi connectivity index (χ3v) is 4.80. The maximum Gasteiger partial charge on any atom is 0.266 e. The molecule has 0 spiro atoms. The highest BCUT2D eigenvalue weighted by atomic mass is 16.5. The molecule has 2 aromatic carbocycles. The molecule has 1 heterocycles. The van der Waals surface area contributed by atoms with Crippen LogP contribution in [0.2, 0.25) is 0 Å². The van der Waals surface area contributed by atoms with Crippen molar-refractivity contribution in [3.63, 3.8) is 0 Å². The molecule has 138 valence electrons. The summed E-state index contributed by atoms with van der Waals surface area (Å²) in [6.45, 7) is 7.15. The van der Waals surface area contributed by atoms with Crippen molar-refractivity contribution in [3.8, 4) is 6.07 Å². The first-order chi connectivity index (χ1) is 13.1. The van der Waals surface area contributed by atoms with Crippen molar-refractivity contribution in [2.24, 2.45) is 0 Å². The van der Waals surface area contributed by atoms with Crippen LogP contribution in [0.3, 0.4) is 0 Å². The Morgan fingerprint density at radius 2 is 1.85 bits per heavy atom. The van der Waals surface area contributed by atoms with Gasteiger partial charge in [0.1, 0.15) is 11.6 Å². The van der Waals surface area contributed by atoms with E-state index in [1.807, 2.05) is 62.4 Å². The summed E-state index contributed by atoms with van der Waals surface area (Å²) >= 11 is 0. The largest absolute Gasteiger partial charge is 0.378 e. The summed E-state index contributed by atoms with van der Waals surface area (Å²) in [7, 11) is 0. The number of nitriles is 1. The summed E-state index contributed by atoms with van der Waals surface area (Å²) in [5.41, 5.74) is 4.83. The fraction of sp³-hybridized carbons (Fsp3) is 0.273. The molecule has 1 saturated heterocycles. The van der Waals surface area contributed by atoms with Crippen molar-refractivity contribution >= 4 is 23.4 Å². The number of morpholine rings is 1. The van der Waals surface area contributed by atoms with Crippen LogP contribution in [-0.4, -0.2) is 32.2 Å². The molecular weight excluding hydrogens is 338 g/mol.